The molecule has 0 saturated carbocycles. The van der Waals surface area contributed by atoms with Gasteiger partial charge in [-0.2, -0.15) is 0 Å². The number of rotatable bonds is 7. The van der Waals surface area contributed by atoms with Gasteiger partial charge in [0.1, 0.15) is 0 Å². The van der Waals surface area contributed by atoms with Gasteiger partial charge in [0.25, 0.3) is 0 Å². The second-order valence-corrected chi connectivity index (χ2v) is 6.23. The van der Waals surface area contributed by atoms with Gasteiger partial charge in [0.15, 0.2) is 0 Å². The predicted octanol–water partition coefficient (Wildman–Crippen LogP) is 3.72. The van der Waals surface area contributed by atoms with Crippen molar-refractivity contribution in [1.82, 2.24) is 14.9 Å². The molecule has 1 heterocycles. The van der Waals surface area contributed by atoms with Crippen LogP contribution in [-0.2, 0) is 5.54 Å². The van der Waals surface area contributed by atoms with Gasteiger partial charge in [-0.3, -0.25) is 0 Å². The third-order valence-electron chi connectivity index (χ3n) is 3.81. The molecule has 1 unspecified atom stereocenters. The standard InChI is InChI=1S/C15H29N3/c1-12(2)8-7-9-13(3)18-11-17-10-14(18)15(4,5)16-6/h10-13,16H,7-9H2,1-6H3. The van der Waals surface area contributed by atoms with Crippen molar-refractivity contribution in [1.29, 1.82) is 0 Å². The van der Waals surface area contributed by atoms with Gasteiger partial charge in [-0.25, -0.2) is 4.98 Å². The van der Waals surface area contributed by atoms with Crippen molar-refractivity contribution in [3.63, 3.8) is 0 Å². The summed E-state index contributed by atoms with van der Waals surface area (Å²) >= 11 is 0. The molecule has 1 aromatic heterocycles. The Balaban J connectivity index is 2.69. The zero-order valence-electron chi connectivity index (χ0n) is 12.8. The monoisotopic (exact) mass is 251 g/mol. The molecule has 0 aliphatic carbocycles. The molecule has 18 heavy (non-hydrogen) atoms. The van der Waals surface area contributed by atoms with E-state index in [1.807, 2.05) is 19.6 Å². The normalized spacial score (nSPS) is 14.2. The first-order chi connectivity index (χ1) is 8.38. The first kappa shape index (κ1) is 15.2. The highest BCUT2D eigenvalue weighted by molar-refractivity contribution is 5.11. The number of hydrogen-bond donors (Lipinski definition) is 1. The summed E-state index contributed by atoms with van der Waals surface area (Å²) in [5.74, 6) is 0.799. The zero-order valence-corrected chi connectivity index (χ0v) is 12.8. The van der Waals surface area contributed by atoms with E-state index in [4.69, 9.17) is 0 Å². The first-order valence-electron chi connectivity index (χ1n) is 7.09. The highest BCUT2D eigenvalue weighted by atomic mass is 15.1. The summed E-state index contributed by atoms with van der Waals surface area (Å²) in [5, 5.41) is 3.35. The van der Waals surface area contributed by atoms with E-state index in [1.54, 1.807) is 0 Å². The van der Waals surface area contributed by atoms with Crippen LogP contribution in [0.25, 0.3) is 0 Å². The third kappa shape index (κ3) is 3.84. The molecule has 1 atom stereocenters. The third-order valence-corrected chi connectivity index (χ3v) is 3.81. The van der Waals surface area contributed by atoms with E-state index in [2.05, 4.69) is 49.5 Å². The molecule has 0 aliphatic heterocycles. The molecule has 3 nitrogen and oxygen atoms in total. The van der Waals surface area contributed by atoms with E-state index < -0.39 is 0 Å². The zero-order chi connectivity index (χ0) is 13.8. The van der Waals surface area contributed by atoms with E-state index in [0.717, 1.165) is 5.92 Å². The molecular formula is C15H29N3. The lowest BCUT2D eigenvalue weighted by atomic mass is 9.99. The molecule has 0 amide bonds. The molecule has 0 radical (unpaired) electrons. The Labute approximate surface area is 112 Å². The van der Waals surface area contributed by atoms with Crippen molar-refractivity contribution in [3.05, 3.63) is 18.2 Å². The minimum atomic E-state index is -0.0250. The highest BCUT2D eigenvalue weighted by Crippen LogP contribution is 2.25. The molecule has 1 aromatic rings. The molecule has 0 spiro atoms. The maximum atomic E-state index is 4.32. The van der Waals surface area contributed by atoms with Gasteiger partial charge in [-0.05, 0) is 40.2 Å². The SMILES string of the molecule is CNC(C)(C)c1cncn1C(C)CCCC(C)C. The maximum absolute atomic E-state index is 4.32. The van der Waals surface area contributed by atoms with E-state index in [-0.39, 0.29) is 5.54 Å². The minimum absolute atomic E-state index is 0.0250. The number of imidazole rings is 1. The van der Waals surface area contributed by atoms with E-state index in [9.17, 15) is 0 Å². The average Bonchev–Trinajstić information content (AvgIpc) is 2.78. The van der Waals surface area contributed by atoms with Gasteiger partial charge in [0, 0.05) is 6.04 Å². The van der Waals surface area contributed by atoms with Gasteiger partial charge in [-0.1, -0.05) is 26.7 Å². The Kier molecular flexibility index (Phi) is 5.39. The molecule has 0 aliphatic rings. The Bertz CT molecular complexity index is 352. The summed E-state index contributed by atoms with van der Waals surface area (Å²) in [5.41, 5.74) is 1.24. The van der Waals surface area contributed by atoms with Crippen molar-refractivity contribution >= 4 is 0 Å². The van der Waals surface area contributed by atoms with Gasteiger partial charge >= 0.3 is 0 Å². The van der Waals surface area contributed by atoms with Crippen molar-refractivity contribution < 1.29 is 0 Å². The lowest BCUT2D eigenvalue weighted by molar-refractivity contribution is 0.372. The first-order valence-corrected chi connectivity index (χ1v) is 7.09. The Morgan fingerprint density at radius 3 is 2.50 bits per heavy atom. The molecule has 0 fully saturated rings. The second kappa shape index (κ2) is 6.37. The highest BCUT2D eigenvalue weighted by Gasteiger charge is 2.23. The largest absolute Gasteiger partial charge is 0.330 e. The van der Waals surface area contributed by atoms with Crippen LogP contribution < -0.4 is 5.32 Å². The molecule has 0 saturated heterocycles. The van der Waals surface area contributed by atoms with E-state index in [0.29, 0.717) is 6.04 Å². The summed E-state index contributed by atoms with van der Waals surface area (Å²) in [6.45, 7) is 11.3. The van der Waals surface area contributed by atoms with Crippen LogP contribution in [0.3, 0.4) is 0 Å². The molecule has 104 valence electrons. The molecule has 1 rings (SSSR count). The van der Waals surface area contributed by atoms with Gasteiger partial charge in [0.05, 0.1) is 23.8 Å². The van der Waals surface area contributed by atoms with Crippen LogP contribution >= 0.6 is 0 Å². The van der Waals surface area contributed by atoms with Crippen molar-refractivity contribution in [2.24, 2.45) is 5.92 Å². The predicted molar refractivity (Wildman–Crippen MR) is 77.7 cm³/mol. The lowest BCUT2D eigenvalue weighted by Crippen LogP contribution is -2.35. The van der Waals surface area contributed by atoms with Crippen molar-refractivity contribution in [2.45, 2.75) is 65.5 Å². The Morgan fingerprint density at radius 2 is 1.94 bits per heavy atom. The fourth-order valence-corrected chi connectivity index (χ4v) is 2.23. The maximum Gasteiger partial charge on any atom is 0.0951 e. The summed E-state index contributed by atoms with van der Waals surface area (Å²) in [6.07, 6.45) is 7.77. The summed E-state index contributed by atoms with van der Waals surface area (Å²) < 4.78 is 2.32. The lowest BCUT2D eigenvalue weighted by Gasteiger charge is -2.28. The molecular weight excluding hydrogens is 222 g/mol. The molecule has 1 N–H and O–H groups in total. The van der Waals surface area contributed by atoms with Crippen LogP contribution in [0.15, 0.2) is 12.5 Å². The van der Waals surface area contributed by atoms with Crippen LogP contribution in [-0.4, -0.2) is 16.6 Å². The van der Waals surface area contributed by atoms with Crippen molar-refractivity contribution in [3.8, 4) is 0 Å². The molecule has 3 heteroatoms. The van der Waals surface area contributed by atoms with Crippen LogP contribution in [0.5, 0.6) is 0 Å². The fraction of sp³-hybridized carbons (Fsp3) is 0.800. The molecule has 0 aromatic carbocycles. The average molecular weight is 251 g/mol. The van der Waals surface area contributed by atoms with Gasteiger partial charge in [-0.15, -0.1) is 0 Å². The summed E-state index contributed by atoms with van der Waals surface area (Å²) in [6, 6.07) is 0.522. The minimum Gasteiger partial charge on any atom is -0.330 e. The summed E-state index contributed by atoms with van der Waals surface area (Å²) in [7, 11) is 2.00. The van der Waals surface area contributed by atoms with Crippen LogP contribution in [0, 0.1) is 5.92 Å². The number of hydrogen-bond acceptors (Lipinski definition) is 2. The van der Waals surface area contributed by atoms with E-state index >= 15 is 0 Å². The number of nitrogens with zero attached hydrogens (tertiary/aromatic N) is 2. The molecule has 0 bridgehead atoms. The van der Waals surface area contributed by atoms with E-state index in [1.165, 1.54) is 25.0 Å². The number of nitrogens with one attached hydrogen (secondary N) is 1. The second-order valence-electron chi connectivity index (χ2n) is 6.23. The Hall–Kier alpha value is -0.830. The topological polar surface area (TPSA) is 29.9 Å². The number of aromatic nitrogens is 2. The van der Waals surface area contributed by atoms with Gasteiger partial charge < -0.3 is 9.88 Å². The van der Waals surface area contributed by atoms with Crippen LogP contribution in [0.4, 0.5) is 0 Å². The van der Waals surface area contributed by atoms with Crippen LogP contribution in [0.2, 0.25) is 0 Å². The quantitative estimate of drug-likeness (QED) is 0.800. The fourth-order valence-electron chi connectivity index (χ4n) is 2.23. The summed E-state index contributed by atoms with van der Waals surface area (Å²) in [4.78, 5) is 4.32. The van der Waals surface area contributed by atoms with Crippen molar-refractivity contribution in [2.75, 3.05) is 7.05 Å². The Morgan fingerprint density at radius 1 is 1.28 bits per heavy atom. The van der Waals surface area contributed by atoms with Gasteiger partial charge in [0.2, 0.25) is 0 Å². The smallest absolute Gasteiger partial charge is 0.0951 e. The van der Waals surface area contributed by atoms with Crippen LogP contribution in [0.1, 0.15) is 65.6 Å².